The molecule has 5 nitrogen and oxygen atoms in total. The fourth-order valence-corrected chi connectivity index (χ4v) is 3.15. The highest BCUT2D eigenvalue weighted by molar-refractivity contribution is 6.03. The smallest absolute Gasteiger partial charge is 0.291 e. The lowest BCUT2D eigenvalue weighted by Crippen LogP contribution is -2.45. The number of furan rings is 1. The number of carbonyl (C=O) groups is 2. The first-order valence-corrected chi connectivity index (χ1v) is 8.53. The van der Waals surface area contributed by atoms with Crippen molar-refractivity contribution in [1.82, 2.24) is 4.90 Å². The number of amides is 2. The minimum Gasteiger partial charge on any atom is -0.459 e. The average Bonchev–Trinajstić information content (AvgIpc) is 3.17. The van der Waals surface area contributed by atoms with Crippen molar-refractivity contribution in [3.05, 3.63) is 89.9 Å². The van der Waals surface area contributed by atoms with Crippen molar-refractivity contribution >= 4 is 17.5 Å². The monoisotopic (exact) mass is 346 g/mol. The second-order valence-corrected chi connectivity index (χ2v) is 6.23. The van der Waals surface area contributed by atoms with Gasteiger partial charge >= 0.3 is 0 Å². The molecule has 0 bridgehead atoms. The molecule has 2 aromatic carbocycles. The first-order chi connectivity index (χ1) is 12.7. The molecular weight excluding hydrogens is 328 g/mol. The van der Waals surface area contributed by atoms with Crippen LogP contribution in [0.5, 0.6) is 0 Å². The van der Waals surface area contributed by atoms with E-state index in [1.165, 1.54) is 6.26 Å². The van der Waals surface area contributed by atoms with Gasteiger partial charge in [0.15, 0.2) is 5.76 Å². The zero-order chi connectivity index (χ0) is 17.9. The number of hydrogen-bond acceptors (Lipinski definition) is 3. The summed E-state index contributed by atoms with van der Waals surface area (Å²) in [6.45, 7) is 0.737. The number of nitrogens with one attached hydrogen (secondary N) is 1. The minimum absolute atomic E-state index is 0.0285. The molecule has 2 amide bonds. The molecule has 130 valence electrons. The van der Waals surface area contributed by atoms with E-state index in [0.29, 0.717) is 11.3 Å². The molecule has 1 aliphatic rings. The molecule has 0 radical (unpaired) electrons. The van der Waals surface area contributed by atoms with Gasteiger partial charge in [0.25, 0.3) is 11.8 Å². The number of benzene rings is 2. The zero-order valence-corrected chi connectivity index (χ0v) is 14.1. The quantitative estimate of drug-likeness (QED) is 0.773. The van der Waals surface area contributed by atoms with Crippen LogP contribution in [0.3, 0.4) is 0 Å². The van der Waals surface area contributed by atoms with Gasteiger partial charge in [0.1, 0.15) is 0 Å². The molecule has 2 heterocycles. The van der Waals surface area contributed by atoms with Crippen LogP contribution in [0.1, 0.15) is 38.9 Å². The lowest BCUT2D eigenvalue weighted by Gasteiger charge is -2.41. The van der Waals surface area contributed by atoms with Gasteiger partial charge in [0, 0.05) is 17.8 Å². The third-order valence-electron chi connectivity index (χ3n) is 4.58. The van der Waals surface area contributed by atoms with Crippen molar-refractivity contribution in [1.29, 1.82) is 0 Å². The molecule has 1 fully saturated rings. The summed E-state index contributed by atoms with van der Waals surface area (Å²) in [5, 5.41) is 2.75. The number of rotatable bonds is 4. The van der Waals surface area contributed by atoms with Crippen LogP contribution in [-0.4, -0.2) is 23.3 Å². The Hall–Kier alpha value is -3.34. The van der Waals surface area contributed by atoms with Gasteiger partial charge < -0.3 is 14.6 Å². The summed E-state index contributed by atoms with van der Waals surface area (Å²) in [6.07, 6.45) is 2.41. The Morgan fingerprint density at radius 1 is 1.00 bits per heavy atom. The molecule has 4 rings (SSSR count). The predicted molar refractivity (Wildman–Crippen MR) is 97.9 cm³/mol. The zero-order valence-electron chi connectivity index (χ0n) is 14.1. The maximum atomic E-state index is 12.9. The molecule has 0 unspecified atom stereocenters. The van der Waals surface area contributed by atoms with E-state index >= 15 is 0 Å². The van der Waals surface area contributed by atoms with Crippen molar-refractivity contribution in [3.63, 3.8) is 0 Å². The molecule has 26 heavy (non-hydrogen) atoms. The van der Waals surface area contributed by atoms with Crippen molar-refractivity contribution in [2.24, 2.45) is 0 Å². The maximum absolute atomic E-state index is 12.9. The Balaban J connectivity index is 1.49. The summed E-state index contributed by atoms with van der Waals surface area (Å²) >= 11 is 0. The molecular formula is C21H18N2O3. The lowest BCUT2D eigenvalue weighted by molar-refractivity contribution is 0.0460. The molecule has 3 aromatic rings. The number of hydrogen-bond donors (Lipinski definition) is 1. The van der Waals surface area contributed by atoms with Gasteiger partial charge in [0.05, 0.1) is 12.3 Å². The lowest BCUT2D eigenvalue weighted by atomic mass is 9.93. The second-order valence-electron chi connectivity index (χ2n) is 6.23. The van der Waals surface area contributed by atoms with Crippen molar-refractivity contribution in [3.8, 4) is 0 Å². The maximum Gasteiger partial charge on any atom is 0.291 e. The summed E-state index contributed by atoms with van der Waals surface area (Å²) in [7, 11) is 0. The molecule has 0 spiro atoms. The molecule has 1 atom stereocenters. The van der Waals surface area contributed by atoms with Crippen LogP contribution in [0.15, 0.2) is 77.4 Å². The minimum atomic E-state index is -0.342. The Morgan fingerprint density at radius 2 is 1.85 bits per heavy atom. The summed E-state index contributed by atoms with van der Waals surface area (Å²) in [5.74, 6) is -0.140. The molecule has 5 heteroatoms. The molecule has 1 N–H and O–H groups in total. The van der Waals surface area contributed by atoms with E-state index in [1.54, 1.807) is 36.4 Å². The van der Waals surface area contributed by atoms with E-state index in [0.717, 1.165) is 18.5 Å². The third-order valence-corrected chi connectivity index (χ3v) is 4.58. The fraction of sp³-hybridized carbons (Fsp3) is 0.143. The highest BCUT2D eigenvalue weighted by atomic mass is 16.3. The van der Waals surface area contributed by atoms with E-state index < -0.39 is 0 Å². The fourth-order valence-electron chi connectivity index (χ4n) is 3.15. The number of likely N-dealkylation sites (tertiary alicyclic amines) is 1. The van der Waals surface area contributed by atoms with Gasteiger partial charge in [-0.25, -0.2) is 0 Å². The Bertz CT molecular complexity index is 919. The first kappa shape index (κ1) is 16.1. The predicted octanol–water partition coefficient (Wildman–Crippen LogP) is 4.12. The van der Waals surface area contributed by atoms with E-state index in [4.69, 9.17) is 4.42 Å². The van der Waals surface area contributed by atoms with E-state index in [2.05, 4.69) is 5.32 Å². The van der Waals surface area contributed by atoms with Gasteiger partial charge in [-0.15, -0.1) is 0 Å². The van der Waals surface area contributed by atoms with Gasteiger partial charge in [-0.3, -0.25) is 9.59 Å². The highest BCUT2D eigenvalue weighted by Crippen LogP contribution is 2.34. The molecule has 1 saturated heterocycles. The van der Waals surface area contributed by atoms with Crippen LogP contribution < -0.4 is 5.32 Å². The second kappa shape index (κ2) is 6.88. The molecule has 0 saturated carbocycles. The third kappa shape index (κ3) is 3.11. The van der Waals surface area contributed by atoms with Crippen LogP contribution in [0.25, 0.3) is 0 Å². The van der Waals surface area contributed by atoms with Gasteiger partial charge in [-0.05, 0) is 42.3 Å². The first-order valence-electron chi connectivity index (χ1n) is 8.53. The van der Waals surface area contributed by atoms with Crippen LogP contribution in [0.4, 0.5) is 5.69 Å². The largest absolute Gasteiger partial charge is 0.459 e. The van der Waals surface area contributed by atoms with Crippen LogP contribution in [0, 0.1) is 0 Å². The van der Waals surface area contributed by atoms with Crippen molar-refractivity contribution in [2.75, 3.05) is 11.9 Å². The Morgan fingerprint density at radius 3 is 2.54 bits per heavy atom. The summed E-state index contributed by atoms with van der Waals surface area (Å²) in [5.41, 5.74) is 2.27. The van der Waals surface area contributed by atoms with Crippen molar-refractivity contribution in [2.45, 2.75) is 12.5 Å². The standard InChI is InChI=1S/C21H18N2O3/c24-20(19-10-5-13-26-19)22-17-9-4-8-16(14-17)21(25)23-12-11-18(23)15-6-2-1-3-7-15/h1-10,13-14,18H,11-12H2,(H,22,24)/t18-/m0/s1. The Labute approximate surface area is 151 Å². The summed E-state index contributed by atoms with van der Waals surface area (Å²) in [4.78, 5) is 26.8. The Kier molecular flexibility index (Phi) is 4.27. The van der Waals surface area contributed by atoms with E-state index in [1.807, 2.05) is 35.2 Å². The van der Waals surface area contributed by atoms with E-state index in [-0.39, 0.29) is 23.6 Å². The van der Waals surface area contributed by atoms with Crippen LogP contribution in [-0.2, 0) is 0 Å². The normalized spacial score (nSPS) is 16.0. The van der Waals surface area contributed by atoms with E-state index in [9.17, 15) is 9.59 Å². The van der Waals surface area contributed by atoms with Gasteiger partial charge in [-0.1, -0.05) is 36.4 Å². The average molecular weight is 346 g/mol. The summed E-state index contributed by atoms with van der Waals surface area (Å²) < 4.78 is 5.09. The topological polar surface area (TPSA) is 62.6 Å². The number of anilines is 1. The highest BCUT2D eigenvalue weighted by Gasteiger charge is 2.33. The number of carbonyl (C=O) groups excluding carboxylic acids is 2. The molecule has 1 aliphatic heterocycles. The van der Waals surface area contributed by atoms with Gasteiger partial charge in [0.2, 0.25) is 0 Å². The molecule has 0 aliphatic carbocycles. The van der Waals surface area contributed by atoms with Gasteiger partial charge in [-0.2, -0.15) is 0 Å². The van der Waals surface area contributed by atoms with Crippen molar-refractivity contribution < 1.29 is 14.0 Å². The van der Waals surface area contributed by atoms with Crippen LogP contribution in [0.2, 0.25) is 0 Å². The number of nitrogens with zero attached hydrogens (tertiary/aromatic N) is 1. The SMILES string of the molecule is O=C(Nc1cccc(C(=O)N2CC[C@H]2c2ccccc2)c1)c1ccco1. The summed E-state index contributed by atoms with van der Waals surface area (Å²) in [6, 6.07) is 20.4. The van der Waals surface area contributed by atoms with Crippen LogP contribution >= 0.6 is 0 Å². The molecule has 1 aromatic heterocycles.